The van der Waals surface area contributed by atoms with E-state index in [-0.39, 0.29) is 5.54 Å². The Labute approximate surface area is 102 Å². The van der Waals surface area contributed by atoms with E-state index in [0.29, 0.717) is 5.82 Å². The maximum Gasteiger partial charge on any atom is 0.145 e. The molecule has 6 heteroatoms. The number of hydrogen-bond acceptors (Lipinski definition) is 6. The zero-order chi connectivity index (χ0) is 12.5. The molecule has 0 amide bonds. The van der Waals surface area contributed by atoms with Crippen molar-refractivity contribution >= 4 is 11.6 Å². The average molecular weight is 236 g/mol. The number of nitrogens with zero attached hydrogens (tertiary/aromatic N) is 4. The topological polar surface area (TPSA) is 70.3 Å². The standard InChI is InChI=1S/C11H20N6/c1-11(2)7-17(5-4-16(11)3)10-6-9(15-12)13-8-14-10/h6,8H,4-5,7,12H2,1-3H3,(H,13,14,15). The van der Waals surface area contributed by atoms with Gasteiger partial charge in [-0.25, -0.2) is 15.8 Å². The second kappa shape index (κ2) is 4.46. The van der Waals surface area contributed by atoms with Crippen molar-refractivity contribution in [3.8, 4) is 0 Å². The molecule has 1 fully saturated rings. The van der Waals surface area contributed by atoms with Crippen molar-refractivity contribution in [3.63, 3.8) is 0 Å². The number of hydrazine groups is 1. The number of piperazine rings is 1. The first-order chi connectivity index (χ1) is 8.03. The molecule has 94 valence electrons. The molecule has 0 radical (unpaired) electrons. The van der Waals surface area contributed by atoms with Crippen molar-refractivity contribution in [3.05, 3.63) is 12.4 Å². The molecule has 0 spiro atoms. The van der Waals surface area contributed by atoms with E-state index in [1.165, 1.54) is 6.33 Å². The summed E-state index contributed by atoms with van der Waals surface area (Å²) in [6.07, 6.45) is 1.54. The number of aromatic nitrogens is 2. The summed E-state index contributed by atoms with van der Waals surface area (Å²) >= 11 is 0. The lowest BCUT2D eigenvalue weighted by atomic mass is 10.00. The van der Waals surface area contributed by atoms with E-state index in [9.17, 15) is 0 Å². The highest BCUT2D eigenvalue weighted by atomic mass is 15.3. The van der Waals surface area contributed by atoms with Crippen molar-refractivity contribution in [2.24, 2.45) is 5.84 Å². The summed E-state index contributed by atoms with van der Waals surface area (Å²) in [6.45, 7) is 7.43. The molecule has 1 aliphatic rings. The van der Waals surface area contributed by atoms with Gasteiger partial charge in [0, 0.05) is 31.2 Å². The van der Waals surface area contributed by atoms with Gasteiger partial charge in [0.05, 0.1) is 0 Å². The average Bonchev–Trinajstić information content (AvgIpc) is 2.32. The Balaban J connectivity index is 2.17. The van der Waals surface area contributed by atoms with Crippen LogP contribution in [0, 0.1) is 0 Å². The predicted molar refractivity (Wildman–Crippen MR) is 68.8 cm³/mol. The van der Waals surface area contributed by atoms with Crippen molar-refractivity contribution in [1.29, 1.82) is 0 Å². The lowest BCUT2D eigenvalue weighted by Gasteiger charge is -2.45. The van der Waals surface area contributed by atoms with Crippen molar-refractivity contribution in [1.82, 2.24) is 14.9 Å². The van der Waals surface area contributed by atoms with Crippen LogP contribution in [0.1, 0.15) is 13.8 Å². The third-order valence-electron chi connectivity index (χ3n) is 3.44. The molecule has 1 aromatic heterocycles. The second-order valence-corrected chi connectivity index (χ2v) is 5.06. The lowest BCUT2D eigenvalue weighted by molar-refractivity contribution is 0.138. The van der Waals surface area contributed by atoms with E-state index in [1.54, 1.807) is 0 Å². The van der Waals surface area contributed by atoms with Gasteiger partial charge < -0.3 is 10.3 Å². The van der Waals surface area contributed by atoms with Crippen LogP contribution in [0.3, 0.4) is 0 Å². The van der Waals surface area contributed by atoms with Crippen LogP contribution >= 0.6 is 0 Å². The molecule has 2 rings (SSSR count). The van der Waals surface area contributed by atoms with E-state index in [0.717, 1.165) is 25.5 Å². The molecule has 17 heavy (non-hydrogen) atoms. The smallest absolute Gasteiger partial charge is 0.145 e. The molecule has 6 nitrogen and oxygen atoms in total. The summed E-state index contributed by atoms with van der Waals surface area (Å²) in [6, 6.07) is 1.88. The highest BCUT2D eigenvalue weighted by Gasteiger charge is 2.31. The molecule has 0 bridgehead atoms. The Morgan fingerprint density at radius 2 is 2.12 bits per heavy atom. The number of likely N-dealkylation sites (N-methyl/N-ethyl adjacent to an activating group) is 1. The SMILES string of the molecule is CN1CCN(c2cc(NN)ncn2)CC1(C)C. The summed E-state index contributed by atoms with van der Waals surface area (Å²) in [4.78, 5) is 13.0. The van der Waals surface area contributed by atoms with Crippen molar-refractivity contribution in [2.75, 3.05) is 37.0 Å². The minimum Gasteiger partial charge on any atom is -0.353 e. The molecule has 0 unspecified atom stereocenters. The monoisotopic (exact) mass is 236 g/mol. The van der Waals surface area contributed by atoms with Crippen LogP contribution in [0.4, 0.5) is 11.6 Å². The first-order valence-corrected chi connectivity index (χ1v) is 5.78. The largest absolute Gasteiger partial charge is 0.353 e. The molecule has 0 atom stereocenters. The summed E-state index contributed by atoms with van der Waals surface area (Å²) in [5.41, 5.74) is 2.70. The first-order valence-electron chi connectivity index (χ1n) is 5.78. The Morgan fingerprint density at radius 3 is 2.76 bits per heavy atom. The van der Waals surface area contributed by atoms with Crippen LogP contribution in [-0.2, 0) is 0 Å². The van der Waals surface area contributed by atoms with Crippen LogP contribution in [0.2, 0.25) is 0 Å². The van der Waals surface area contributed by atoms with E-state index < -0.39 is 0 Å². The van der Waals surface area contributed by atoms with Crippen LogP contribution in [0.25, 0.3) is 0 Å². The molecule has 1 aliphatic heterocycles. The minimum absolute atomic E-state index is 0.152. The van der Waals surface area contributed by atoms with Gasteiger partial charge >= 0.3 is 0 Å². The molecule has 2 heterocycles. The molecular formula is C11H20N6. The van der Waals surface area contributed by atoms with Crippen LogP contribution in [0.5, 0.6) is 0 Å². The summed E-state index contributed by atoms with van der Waals surface area (Å²) in [7, 11) is 2.16. The van der Waals surface area contributed by atoms with Crippen molar-refractivity contribution in [2.45, 2.75) is 19.4 Å². The highest BCUT2D eigenvalue weighted by molar-refractivity contribution is 5.48. The zero-order valence-corrected chi connectivity index (χ0v) is 10.6. The van der Waals surface area contributed by atoms with Gasteiger partial charge in [0.1, 0.15) is 18.0 Å². The van der Waals surface area contributed by atoms with Gasteiger partial charge in [-0.15, -0.1) is 0 Å². The first kappa shape index (κ1) is 12.1. The number of nitrogen functional groups attached to an aromatic ring is 1. The molecule has 0 aromatic carbocycles. The number of rotatable bonds is 2. The van der Waals surface area contributed by atoms with E-state index >= 15 is 0 Å². The van der Waals surface area contributed by atoms with Crippen LogP contribution < -0.4 is 16.2 Å². The number of hydrogen-bond donors (Lipinski definition) is 2. The Hall–Kier alpha value is -1.40. The molecule has 3 N–H and O–H groups in total. The van der Waals surface area contributed by atoms with Gasteiger partial charge in [0.25, 0.3) is 0 Å². The quantitative estimate of drug-likeness (QED) is 0.568. The van der Waals surface area contributed by atoms with E-state index in [1.807, 2.05) is 6.07 Å². The summed E-state index contributed by atoms with van der Waals surface area (Å²) in [5, 5.41) is 0. The Bertz CT molecular complexity index is 391. The van der Waals surface area contributed by atoms with Gasteiger partial charge in [-0.3, -0.25) is 4.90 Å². The van der Waals surface area contributed by atoms with Crippen LogP contribution in [0.15, 0.2) is 12.4 Å². The number of nitrogens with one attached hydrogen (secondary N) is 1. The van der Waals surface area contributed by atoms with Gasteiger partial charge in [0.2, 0.25) is 0 Å². The van der Waals surface area contributed by atoms with Gasteiger partial charge in [-0.05, 0) is 20.9 Å². The summed E-state index contributed by atoms with van der Waals surface area (Å²) in [5.74, 6) is 6.93. The Morgan fingerprint density at radius 1 is 1.35 bits per heavy atom. The van der Waals surface area contributed by atoms with E-state index in [4.69, 9.17) is 5.84 Å². The zero-order valence-electron chi connectivity index (χ0n) is 10.6. The van der Waals surface area contributed by atoms with Crippen molar-refractivity contribution < 1.29 is 0 Å². The third-order valence-corrected chi connectivity index (χ3v) is 3.44. The lowest BCUT2D eigenvalue weighted by Crippen LogP contribution is -2.57. The Kier molecular flexibility index (Phi) is 3.17. The maximum atomic E-state index is 5.36. The summed E-state index contributed by atoms with van der Waals surface area (Å²) < 4.78 is 0. The fourth-order valence-corrected chi connectivity index (χ4v) is 2.03. The normalized spacial score (nSPS) is 20.4. The third kappa shape index (κ3) is 2.48. The molecular weight excluding hydrogens is 216 g/mol. The molecule has 1 saturated heterocycles. The molecule has 0 saturated carbocycles. The maximum absolute atomic E-state index is 5.36. The van der Waals surface area contributed by atoms with Gasteiger partial charge in [0.15, 0.2) is 0 Å². The fraction of sp³-hybridized carbons (Fsp3) is 0.636. The number of anilines is 2. The fourth-order valence-electron chi connectivity index (χ4n) is 2.03. The van der Waals surface area contributed by atoms with Gasteiger partial charge in [-0.2, -0.15) is 0 Å². The molecule has 1 aromatic rings. The molecule has 0 aliphatic carbocycles. The minimum atomic E-state index is 0.152. The second-order valence-electron chi connectivity index (χ2n) is 5.06. The highest BCUT2D eigenvalue weighted by Crippen LogP contribution is 2.23. The number of nitrogens with two attached hydrogens (primary N) is 1. The van der Waals surface area contributed by atoms with Crippen LogP contribution in [-0.4, -0.2) is 47.1 Å². The predicted octanol–water partition coefficient (Wildman–Crippen LogP) is 0.293. The van der Waals surface area contributed by atoms with E-state index in [2.05, 4.69) is 46.1 Å². The van der Waals surface area contributed by atoms with Gasteiger partial charge in [-0.1, -0.05) is 0 Å².